The Bertz CT molecular complexity index is 1380. The highest BCUT2D eigenvalue weighted by molar-refractivity contribution is 6.00. The van der Waals surface area contributed by atoms with Crippen molar-refractivity contribution in [2.45, 2.75) is 43.6 Å². The number of nitrogens with one attached hydrogen (secondary N) is 1. The molecule has 1 aliphatic carbocycles. The van der Waals surface area contributed by atoms with Crippen LogP contribution >= 0.6 is 0 Å². The third-order valence-electron chi connectivity index (χ3n) is 7.76. The number of aryl methyl sites for hydroxylation is 1. The van der Waals surface area contributed by atoms with Crippen molar-refractivity contribution in [1.29, 1.82) is 0 Å². The van der Waals surface area contributed by atoms with Gasteiger partial charge in [-0.25, -0.2) is 4.39 Å². The van der Waals surface area contributed by atoms with E-state index < -0.39 is 5.54 Å². The number of hydrogen-bond donors (Lipinski definition) is 1. The monoisotopic (exact) mass is 457 g/mol. The van der Waals surface area contributed by atoms with E-state index in [-0.39, 0.29) is 11.7 Å². The van der Waals surface area contributed by atoms with Crippen molar-refractivity contribution < 1.29 is 9.18 Å². The first-order chi connectivity index (χ1) is 16.5. The van der Waals surface area contributed by atoms with Gasteiger partial charge in [-0.3, -0.25) is 19.4 Å². The molecule has 0 bridgehead atoms. The number of anilines is 1. The fourth-order valence-corrected chi connectivity index (χ4v) is 5.79. The Kier molecular flexibility index (Phi) is 5.10. The van der Waals surface area contributed by atoms with E-state index in [0.717, 1.165) is 72.7 Å². The number of pyridine rings is 1. The molecule has 2 aliphatic rings. The van der Waals surface area contributed by atoms with Crippen LogP contribution in [0.4, 0.5) is 10.1 Å². The van der Waals surface area contributed by atoms with E-state index in [1.54, 1.807) is 16.8 Å². The zero-order valence-corrected chi connectivity index (χ0v) is 19.3. The van der Waals surface area contributed by atoms with Crippen LogP contribution in [-0.4, -0.2) is 44.2 Å². The van der Waals surface area contributed by atoms with Crippen LogP contribution in [0.25, 0.3) is 21.8 Å². The van der Waals surface area contributed by atoms with Crippen LogP contribution in [0.2, 0.25) is 0 Å². The molecule has 1 amide bonds. The highest BCUT2D eigenvalue weighted by atomic mass is 19.1. The molecule has 3 heterocycles. The molecule has 4 aromatic rings. The standard InChI is InChI=1S/C27H28FN5O/c1-32-17-19-15-21(4-6-24(19)31-32)30-26(34)27(10-2-11-27)33-13-8-18(9-14-33)22-7-12-29-25-5-3-20(28)16-23(22)25/h3-7,12,15-18H,2,8-11,13-14H2,1H3,(H,30,34). The van der Waals surface area contributed by atoms with Crippen LogP contribution in [0.5, 0.6) is 0 Å². The van der Waals surface area contributed by atoms with Crippen LogP contribution in [0, 0.1) is 5.82 Å². The van der Waals surface area contributed by atoms with E-state index in [1.165, 1.54) is 11.6 Å². The number of carbonyl (C=O) groups is 1. The van der Waals surface area contributed by atoms with E-state index in [0.29, 0.717) is 5.92 Å². The van der Waals surface area contributed by atoms with Gasteiger partial charge in [0.2, 0.25) is 5.91 Å². The highest BCUT2D eigenvalue weighted by Crippen LogP contribution is 2.43. The van der Waals surface area contributed by atoms with Gasteiger partial charge in [0, 0.05) is 35.9 Å². The molecule has 1 aliphatic heterocycles. The zero-order chi connectivity index (χ0) is 23.3. The maximum Gasteiger partial charge on any atom is 0.244 e. The third kappa shape index (κ3) is 3.55. The molecule has 0 radical (unpaired) electrons. The van der Waals surface area contributed by atoms with Crippen molar-refractivity contribution in [3.05, 3.63) is 66.2 Å². The number of carbonyl (C=O) groups excluding carboxylic acids is 1. The molecule has 0 unspecified atom stereocenters. The molecule has 2 aromatic carbocycles. The molecule has 2 fully saturated rings. The van der Waals surface area contributed by atoms with E-state index >= 15 is 0 Å². The smallest absolute Gasteiger partial charge is 0.244 e. The van der Waals surface area contributed by atoms with Gasteiger partial charge in [-0.05, 0) is 99.1 Å². The summed E-state index contributed by atoms with van der Waals surface area (Å²) in [4.78, 5) is 20.3. The molecular formula is C27H28FN5O. The SMILES string of the molecule is Cn1cc2cc(NC(=O)C3(N4CCC(c5ccnc6ccc(F)cc56)CC4)CCC3)ccc2n1. The Morgan fingerprint density at radius 2 is 1.88 bits per heavy atom. The topological polar surface area (TPSA) is 63.1 Å². The number of piperidine rings is 1. The summed E-state index contributed by atoms with van der Waals surface area (Å²) in [6.45, 7) is 1.72. The summed E-state index contributed by atoms with van der Waals surface area (Å²) in [6.07, 6.45) is 8.54. The van der Waals surface area contributed by atoms with Gasteiger partial charge in [-0.2, -0.15) is 5.10 Å². The minimum absolute atomic E-state index is 0.0943. The van der Waals surface area contributed by atoms with Crippen LogP contribution in [0.1, 0.15) is 43.6 Å². The Morgan fingerprint density at radius 1 is 1.09 bits per heavy atom. The van der Waals surface area contributed by atoms with Crippen LogP contribution in [-0.2, 0) is 11.8 Å². The van der Waals surface area contributed by atoms with Crippen molar-refractivity contribution in [3.63, 3.8) is 0 Å². The van der Waals surface area contributed by atoms with Crippen LogP contribution < -0.4 is 5.32 Å². The molecule has 34 heavy (non-hydrogen) atoms. The van der Waals surface area contributed by atoms with Gasteiger partial charge in [-0.15, -0.1) is 0 Å². The second-order valence-corrected chi connectivity index (χ2v) is 9.74. The van der Waals surface area contributed by atoms with E-state index in [2.05, 4.69) is 20.3 Å². The molecule has 1 N–H and O–H groups in total. The Hall–Kier alpha value is -3.32. The maximum atomic E-state index is 13.9. The summed E-state index contributed by atoms with van der Waals surface area (Å²) in [6, 6.07) is 12.7. The number of aromatic nitrogens is 3. The minimum atomic E-state index is -0.429. The van der Waals surface area contributed by atoms with E-state index in [9.17, 15) is 9.18 Å². The maximum absolute atomic E-state index is 13.9. The Balaban J connectivity index is 1.18. The molecule has 6 rings (SSSR count). The number of benzene rings is 2. The normalized spacial score (nSPS) is 18.8. The lowest BCUT2D eigenvalue weighted by Crippen LogP contribution is -2.62. The predicted molar refractivity (Wildman–Crippen MR) is 131 cm³/mol. The molecule has 0 atom stereocenters. The van der Waals surface area contributed by atoms with Crippen molar-refractivity contribution in [3.8, 4) is 0 Å². The fourth-order valence-electron chi connectivity index (χ4n) is 5.79. The lowest BCUT2D eigenvalue weighted by Gasteiger charge is -2.51. The summed E-state index contributed by atoms with van der Waals surface area (Å²) in [5.41, 5.74) is 3.31. The van der Waals surface area contributed by atoms with Gasteiger partial charge >= 0.3 is 0 Å². The first-order valence-electron chi connectivity index (χ1n) is 12.1. The zero-order valence-electron chi connectivity index (χ0n) is 19.3. The molecule has 6 nitrogen and oxygen atoms in total. The highest BCUT2D eigenvalue weighted by Gasteiger charge is 2.49. The number of hydrogen-bond acceptors (Lipinski definition) is 4. The number of likely N-dealkylation sites (tertiary alicyclic amines) is 1. The number of halogens is 1. The van der Waals surface area contributed by atoms with E-state index in [1.807, 2.05) is 43.7 Å². The Morgan fingerprint density at radius 3 is 2.65 bits per heavy atom. The molecule has 2 aromatic heterocycles. The third-order valence-corrected chi connectivity index (χ3v) is 7.76. The molecular weight excluding hydrogens is 429 g/mol. The number of nitrogens with zero attached hydrogens (tertiary/aromatic N) is 4. The van der Waals surface area contributed by atoms with Gasteiger partial charge in [0.05, 0.1) is 11.0 Å². The summed E-state index contributed by atoms with van der Waals surface area (Å²) in [7, 11) is 1.90. The van der Waals surface area contributed by atoms with Crippen LogP contribution in [0.15, 0.2) is 54.9 Å². The van der Waals surface area contributed by atoms with Gasteiger partial charge in [0.1, 0.15) is 11.4 Å². The molecule has 7 heteroatoms. The van der Waals surface area contributed by atoms with Gasteiger partial charge < -0.3 is 5.32 Å². The molecule has 1 saturated carbocycles. The summed E-state index contributed by atoms with van der Waals surface area (Å²) < 4.78 is 15.7. The van der Waals surface area contributed by atoms with E-state index in [4.69, 9.17) is 0 Å². The van der Waals surface area contributed by atoms with Crippen molar-refractivity contribution in [2.75, 3.05) is 18.4 Å². The summed E-state index contributed by atoms with van der Waals surface area (Å²) >= 11 is 0. The molecule has 174 valence electrons. The molecule has 1 saturated heterocycles. The second-order valence-electron chi connectivity index (χ2n) is 9.74. The average molecular weight is 458 g/mol. The summed E-state index contributed by atoms with van der Waals surface area (Å²) in [5.74, 6) is 0.211. The van der Waals surface area contributed by atoms with Gasteiger partial charge in [-0.1, -0.05) is 0 Å². The fraction of sp³-hybridized carbons (Fsp3) is 0.370. The predicted octanol–water partition coefficient (Wildman–Crippen LogP) is 5.00. The largest absolute Gasteiger partial charge is 0.324 e. The Labute approximate surface area is 197 Å². The van der Waals surface area contributed by atoms with Crippen molar-refractivity contribution in [1.82, 2.24) is 19.7 Å². The first kappa shape index (κ1) is 21.2. The van der Waals surface area contributed by atoms with Gasteiger partial charge in [0.25, 0.3) is 0 Å². The summed E-state index contributed by atoms with van der Waals surface area (Å²) in [5, 5.41) is 9.52. The lowest BCUT2D eigenvalue weighted by atomic mass is 9.72. The average Bonchev–Trinajstić information content (AvgIpc) is 3.18. The van der Waals surface area contributed by atoms with Gasteiger partial charge in [0.15, 0.2) is 0 Å². The van der Waals surface area contributed by atoms with Crippen LogP contribution in [0.3, 0.4) is 0 Å². The van der Waals surface area contributed by atoms with Crippen molar-refractivity contribution in [2.24, 2.45) is 7.05 Å². The first-order valence-corrected chi connectivity index (χ1v) is 12.1. The number of rotatable bonds is 4. The minimum Gasteiger partial charge on any atom is -0.324 e. The number of amides is 1. The number of fused-ring (bicyclic) bond motifs is 2. The molecule has 0 spiro atoms. The lowest BCUT2D eigenvalue weighted by molar-refractivity contribution is -0.135. The second kappa shape index (κ2) is 8.17. The van der Waals surface area contributed by atoms with Crippen molar-refractivity contribution >= 4 is 33.4 Å². The quantitative estimate of drug-likeness (QED) is 0.468.